The van der Waals surface area contributed by atoms with Crippen LogP contribution in [0.4, 0.5) is 5.69 Å². The van der Waals surface area contributed by atoms with Crippen LogP contribution in [0.15, 0.2) is 47.2 Å². The first-order valence-electron chi connectivity index (χ1n) is 6.72. The Bertz CT molecular complexity index is 807. The molecule has 1 unspecified atom stereocenters. The Morgan fingerprint density at radius 1 is 1.32 bits per heavy atom. The highest BCUT2D eigenvalue weighted by Gasteiger charge is 2.18. The van der Waals surface area contributed by atoms with E-state index in [-0.39, 0.29) is 11.7 Å². The lowest BCUT2D eigenvalue weighted by molar-refractivity contribution is -0.117. The number of aromatic amines is 1. The van der Waals surface area contributed by atoms with Crippen LogP contribution in [-0.2, 0) is 4.79 Å². The SMILES string of the molecule is CC(NC(=O)c1ccco1)C(=O)Nc1ccc2[nH]ncc2c1. The van der Waals surface area contributed by atoms with Gasteiger partial charge in [-0.2, -0.15) is 5.10 Å². The molecule has 3 rings (SSSR count). The number of benzene rings is 1. The van der Waals surface area contributed by atoms with E-state index < -0.39 is 11.9 Å². The van der Waals surface area contributed by atoms with Crippen LogP contribution < -0.4 is 10.6 Å². The summed E-state index contributed by atoms with van der Waals surface area (Å²) in [6.45, 7) is 1.60. The van der Waals surface area contributed by atoms with Crippen molar-refractivity contribution < 1.29 is 14.0 Å². The number of hydrogen-bond donors (Lipinski definition) is 3. The lowest BCUT2D eigenvalue weighted by Crippen LogP contribution is -2.41. The Morgan fingerprint density at radius 3 is 2.95 bits per heavy atom. The minimum atomic E-state index is -0.697. The van der Waals surface area contributed by atoms with E-state index in [0.29, 0.717) is 5.69 Å². The highest BCUT2D eigenvalue weighted by molar-refractivity contribution is 6.00. The summed E-state index contributed by atoms with van der Waals surface area (Å²) in [6.07, 6.45) is 3.08. The standard InChI is InChI=1S/C15H14N4O3/c1-9(17-15(21)13-3-2-6-22-13)14(20)18-11-4-5-12-10(7-11)8-16-19-12/h2-9H,1H3,(H,16,19)(H,17,21)(H,18,20). The fraction of sp³-hybridized carbons (Fsp3) is 0.133. The van der Waals surface area contributed by atoms with Crippen LogP contribution in [0.1, 0.15) is 17.5 Å². The number of nitrogens with one attached hydrogen (secondary N) is 3. The second kappa shape index (κ2) is 5.72. The number of rotatable bonds is 4. The van der Waals surface area contributed by atoms with E-state index in [1.807, 2.05) is 6.07 Å². The van der Waals surface area contributed by atoms with Crippen LogP contribution in [-0.4, -0.2) is 28.1 Å². The molecule has 0 radical (unpaired) electrons. The molecule has 0 aliphatic heterocycles. The largest absolute Gasteiger partial charge is 0.459 e. The maximum absolute atomic E-state index is 12.1. The van der Waals surface area contributed by atoms with Crippen molar-refractivity contribution in [3.05, 3.63) is 48.6 Å². The van der Waals surface area contributed by atoms with Crippen molar-refractivity contribution in [2.75, 3.05) is 5.32 Å². The summed E-state index contributed by atoms with van der Waals surface area (Å²) >= 11 is 0. The maximum atomic E-state index is 12.1. The molecule has 0 saturated carbocycles. The van der Waals surface area contributed by atoms with Gasteiger partial charge in [-0.25, -0.2) is 0 Å². The Kier molecular flexibility index (Phi) is 3.61. The molecule has 2 amide bonds. The predicted molar refractivity (Wildman–Crippen MR) is 80.4 cm³/mol. The molecule has 0 bridgehead atoms. The van der Waals surface area contributed by atoms with Gasteiger partial charge < -0.3 is 15.1 Å². The first kappa shape index (κ1) is 13.9. The Balaban J connectivity index is 1.64. The zero-order valence-electron chi connectivity index (χ0n) is 11.8. The Morgan fingerprint density at radius 2 is 2.18 bits per heavy atom. The van der Waals surface area contributed by atoms with Crippen molar-refractivity contribution in [3.8, 4) is 0 Å². The normalized spacial score (nSPS) is 12.0. The van der Waals surface area contributed by atoms with Crippen molar-refractivity contribution in [2.24, 2.45) is 0 Å². The van der Waals surface area contributed by atoms with E-state index in [1.165, 1.54) is 12.3 Å². The second-order valence-electron chi connectivity index (χ2n) is 4.83. The number of aromatic nitrogens is 2. The van der Waals surface area contributed by atoms with E-state index in [9.17, 15) is 9.59 Å². The third kappa shape index (κ3) is 2.83. The third-order valence-corrected chi connectivity index (χ3v) is 3.19. The average molecular weight is 298 g/mol. The van der Waals surface area contributed by atoms with Crippen molar-refractivity contribution in [2.45, 2.75) is 13.0 Å². The molecule has 22 heavy (non-hydrogen) atoms. The molecule has 0 spiro atoms. The van der Waals surface area contributed by atoms with Crippen molar-refractivity contribution in [1.82, 2.24) is 15.5 Å². The van der Waals surface area contributed by atoms with Crippen LogP contribution in [0.5, 0.6) is 0 Å². The monoisotopic (exact) mass is 298 g/mol. The van der Waals surface area contributed by atoms with E-state index in [4.69, 9.17) is 4.42 Å². The lowest BCUT2D eigenvalue weighted by Gasteiger charge is -2.13. The van der Waals surface area contributed by atoms with E-state index in [0.717, 1.165) is 10.9 Å². The minimum absolute atomic E-state index is 0.166. The molecule has 0 saturated heterocycles. The molecule has 112 valence electrons. The van der Waals surface area contributed by atoms with Gasteiger partial charge in [0, 0.05) is 11.1 Å². The number of carbonyl (C=O) groups is 2. The summed E-state index contributed by atoms with van der Waals surface area (Å²) in [5, 5.41) is 13.0. The van der Waals surface area contributed by atoms with Gasteiger partial charge in [-0.05, 0) is 37.3 Å². The Hall–Kier alpha value is -3.09. The van der Waals surface area contributed by atoms with Gasteiger partial charge in [0.05, 0.1) is 18.0 Å². The molecule has 3 aromatic rings. The third-order valence-electron chi connectivity index (χ3n) is 3.19. The van der Waals surface area contributed by atoms with Gasteiger partial charge in [-0.3, -0.25) is 14.7 Å². The first-order chi connectivity index (χ1) is 10.6. The number of H-pyrrole nitrogens is 1. The predicted octanol–water partition coefficient (Wildman–Crippen LogP) is 1.91. The number of hydrogen-bond acceptors (Lipinski definition) is 4. The van der Waals surface area contributed by atoms with E-state index in [1.54, 1.807) is 31.3 Å². The fourth-order valence-corrected chi connectivity index (χ4v) is 2.01. The van der Waals surface area contributed by atoms with Crippen LogP contribution in [0.25, 0.3) is 10.9 Å². The summed E-state index contributed by atoms with van der Waals surface area (Å²) < 4.78 is 4.98. The van der Waals surface area contributed by atoms with Crippen LogP contribution in [0, 0.1) is 0 Å². The summed E-state index contributed by atoms with van der Waals surface area (Å²) in [5.74, 6) is -0.583. The van der Waals surface area contributed by atoms with Crippen molar-refractivity contribution in [3.63, 3.8) is 0 Å². The van der Waals surface area contributed by atoms with E-state index in [2.05, 4.69) is 20.8 Å². The minimum Gasteiger partial charge on any atom is -0.459 e. The molecule has 1 atom stereocenters. The van der Waals surface area contributed by atoms with Gasteiger partial charge in [0.2, 0.25) is 5.91 Å². The van der Waals surface area contributed by atoms with Crippen LogP contribution in [0.3, 0.4) is 0 Å². The topological polar surface area (TPSA) is 100 Å². The maximum Gasteiger partial charge on any atom is 0.287 e. The van der Waals surface area contributed by atoms with Gasteiger partial charge in [-0.1, -0.05) is 0 Å². The molecule has 3 N–H and O–H groups in total. The van der Waals surface area contributed by atoms with Gasteiger partial charge >= 0.3 is 0 Å². The Labute approximate surface area is 125 Å². The molecular formula is C15H14N4O3. The molecule has 7 heteroatoms. The van der Waals surface area contributed by atoms with Crippen molar-refractivity contribution in [1.29, 1.82) is 0 Å². The van der Waals surface area contributed by atoms with Crippen molar-refractivity contribution >= 4 is 28.4 Å². The number of fused-ring (bicyclic) bond motifs is 1. The van der Waals surface area contributed by atoms with Gasteiger partial charge in [0.1, 0.15) is 6.04 Å². The first-order valence-corrected chi connectivity index (χ1v) is 6.72. The second-order valence-corrected chi connectivity index (χ2v) is 4.83. The smallest absolute Gasteiger partial charge is 0.287 e. The highest BCUT2D eigenvalue weighted by atomic mass is 16.3. The zero-order chi connectivity index (χ0) is 15.5. The molecule has 7 nitrogen and oxygen atoms in total. The van der Waals surface area contributed by atoms with Crippen LogP contribution >= 0.6 is 0 Å². The molecule has 2 heterocycles. The van der Waals surface area contributed by atoms with Crippen LogP contribution in [0.2, 0.25) is 0 Å². The number of anilines is 1. The summed E-state index contributed by atoms with van der Waals surface area (Å²) in [5.41, 5.74) is 1.52. The van der Waals surface area contributed by atoms with Gasteiger partial charge in [0.15, 0.2) is 5.76 Å². The zero-order valence-corrected chi connectivity index (χ0v) is 11.8. The average Bonchev–Trinajstić information content (AvgIpc) is 3.18. The quantitative estimate of drug-likeness (QED) is 0.685. The lowest BCUT2D eigenvalue weighted by atomic mass is 10.2. The van der Waals surface area contributed by atoms with Gasteiger partial charge in [-0.15, -0.1) is 0 Å². The molecule has 0 aliphatic rings. The molecule has 2 aromatic heterocycles. The highest BCUT2D eigenvalue weighted by Crippen LogP contribution is 2.16. The summed E-state index contributed by atoms with van der Waals surface area (Å²) in [4.78, 5) is 23.9. The molecule has 0 aliphatic carbocycles. The molecular weight excluding hydrogens is 284 g/mol. The number of furan rings is 1. The summed E-state index contributed by atoms with van der Waals surface area (Å²) in [6, 6.07) is 7.84. The molecule has 0 fully saturated rings. The summed E-state index contributed by atoms with van der Waals surface area (Å²) in [7, 11) is 0. The number of carbonyl (C=O) groups excluding carboxylic acids is 2. The van der Waals surface area contributed by atoms with E-state index >= 15 is 0 Å². The number of nitrogens with zero attached hydrogens (tertiary/aromatic N) is 1. The fourth-order valence-electron chi connectivity index (χ4n) is 2.01. The molecule has 1 aromatic carbocycles. The number of amides is 2. The van der Waals surface area contributed by atoms with Gasteiger partial charge in [0.25, 0.3) is 5.91 Å².